The fourth-order valence-corrected chi connectivity index (χ4v) is 6.07. The van der Waals surface area contributed by atoms with Gasteiger partial charge in [0.15, 0.2) is 0 Å². The van der Waals surface area contributed by atoms with Crippen LogP contribution in [0.3, 0.4) is 0 Å². The zero-order valence-corrected chi connectivity index (χ0v) is 15.3. The molecular weight excluding hydrogens is 352 g/mol. The predicted octanol–water partition coefficient (Wildman–Crippen LogP) is 2.05. The van der Waals surface area contributed by atoms with Gasteiger partial charge >= 0.3 is 0 Å². The van der Waals surface area contributed by atoms with Crippen molar-refractivity contribution in [3.63, 3.8) is 0 Å². The van der Waals surface area contributed by atoms with Crippen molar-refractivity contribution in [1.82, 2.24) is 4.31 Å². The van der Waals surface area contributed by atoms with Crippen LogP contribution < -0.4 is 4.90 Å². The number of hydrogen-bond donors (Lipinski definition) is 1. The Morgan fingerprint density at radius 2 is 1.78 bits per heavy atom. The normalized spacial score (nSPS) is 18.9. The summed E-state index contributed by atoms with van der Waals surface area (Å²) in [6, 6.07) is 14.0. The number of sulfonamides is 1. The summed E-state index contributed by atoms with van der Waals surface area (Å²) in [4.78, 5) is 1.42. The molecule has 23 heavy (non-hydrogen) atoms. The third-order valence-electron chi connectivity index (χ3n) is 4.42. The molecule has 0 radical (unpaired) electrons. The molecule has 0 saturated carbocycles. The molecule has 0 bridgehead atoms. The quantitative estimate of drug-likeness (QED) is 0.893. The molecule has 1 N–H and O–H groups in total. The van der Waals surface area contributed by atoms with Gasteiger partial charge in [0.05, 0.1) is 30.5 Å². The lowest BCUT2D eigenvalue weighted by Crippen LogP contribution is -3.14. The van der Waals surface area contributed by atoms with Crippen molar-refractivity contribution in [2.75, 3.05) is 26.2 Å². The average molecular weight is 372 g/mol. The molecule has 3 rings (SSSR count). The Kier molecular flexibility index (Phi) is 5.08. The van der Waals surface area contributed by atoms with Gasteiger partial charge in [-0.25, -0.2) is 8.42 Å². The number of quaternary nitrogens is 1. The first-order valence-corrected chi connectivity index (χ1v) is 10.3. The van der Waals surface area contributed by atoms with E-state index in [9.17, 15) is 8.42 Å². The van der Waals surface area contributed by atoms with Crippen molar-refractivity contribution in [2.45, 2.75) is 17.2 Å². The second kappa shape index (κ2) is 6.91. The van der Waals surface area contributed by atoms with E-state index in [1.54, 1.807) is 16.4 Å². The van der Waals surface area contributed by atoms with Crippen molar-refractivity contribution in [3.05, 3.63) is 52.4 Å². The first-order chi connectivity index (χ1) is 11.0. The Hall–Kier alpha value is -0.920. The highest BCUT2D eigenvalue weighted by Crippen LogP contribution is 2.28. The third kappa shape index (κ3) is 3.61. The highest BCUT2D eigenvalue weighted by Gasteiger charge is 2.33. The zero-order valence-electron chi connectivity index (χ0n) is 12.9. The molecule has 1 aliphatic heterocycles. The van der Waals surface area contributed by atoms with Crippen molar-refractivity contribution in [1.29, 1.82) is 0 Å². The van der Waals surface area contributed by atoms with E-state index in [1.165, 1.54) is 10.5 Å². The van der Waals surface area contributed by atoms with E-state index >= 15 is 0 Å². The molecule has 124 valence electrons. The van der Waals surface area contributed by atoms with Gasteiger partial charge < -0.3 is 4.90 Å². The number of nitrogens with zero attached hydrogens (tertiary/aromatic N) is 1. The molecule has 1 aromatic heterocycles. The molecule has 4 nitrogen and oxygen atoms in total. The fourth-order valence-electron chi connectivity index (χ4n) is 2.99. The molecule has 1 aromatic carbocycles. The van der Waals surface area contributed by atoms with Crippen LogP contribution >= 0.6 is 22.9 Å². The van der Waals surface area contributed by atoms with E-state index in [1.807, 2.05) is 18.2 Å². The van der Waals surface area contributed by atoms with E-state index in [0.717, 1.165) is 24.4 Å². The van der Waals surface area contributed by atoms with Gasteiger partial charge in [-0.2, -0.15) is 4.31 Å². The highest BCUT2D eigenvalue weighted by atomic mass is 35.5. The number of piperazine rings is 1. The lowest BCUT2D eigenvalue weighted by Gasteiger charge is -2.34. The van der Waals surface area contributed by atoms with Crippen molar-refractivity contribution in [2.24, 2.45) is 0 Å². The number of thiophene rings is 1. The lowest BCUT2D eigenvalue weighted by atomic mass is 10.1. The van der Waals surface area contributed by atoms with Crippen LogP contribution in [-0.4, -0.2) is 38.9 Å². The van der Waals surface area contributed by atoms with Gasteiger partial charge in [-0.15, -0.1) is 11.3 Å². The summed E-state index contributed by atoms with van der Waals surface area (Å²) in [7, 11) is -3.40. The van der Waals surface area contributed by atoms with Crippen LogP contribution in [0.25, 0.3) is 0 Å². The van der Waals surface area contributed by atoms with E-state index in [-0.39, 0.29) is 0 Å². The van der Waals surface area contributed by atoms with Gasteiger partial charge in [-0.1, -0.05) is 41.9 Å². The van der Waals surface area contributed by atoms with E-state index < -0.39 is 10.0 Å². The van der Waals surface area contributed by atoms with Crippen LogP contribution in [-0.2, 0) is 10.0 Å². The maximum atomic E-state index is 12.6. The third-order valence-corrected chi connectivity index (χ3v) is 8.02. The molecule has 0 unspecified atom stereocenters. The Morgan fingerprint density at radius 1 is 1.13 bits per heavy atom. The monoisotopic (exact) mass is 371 g/mol. The topological polar surface area (TPSA) is 41.8 Å². The summed E-state index contributed by atoms with van der Waals surface area (Å²) in [5.41, 5.74) is 1.30. The summed E-state index contributed by atoms with van der Waals surface area (Å²) in [6.07, 6.45) is 0. The Balaban J connectivity index is 1.67. The molecule has 0 aliphatic carbocycles. The Labute approximate surface area is 146 Å². The van der Waals surface area contributed by atoms with Crippen molar-refractivity contribution in [3.8, 4) is 0 Å². The minimum absolute atomic E-state index is 0.335. The van der Waals surface area contributed by atoms with Crippen molar-refractivity contribution < 1.29 is 13.3 Å². The highest BCUT2D eigenvalue weighted by molar-refractivity contribution is 7.91. The molecule has 1 aliphatic rings. The van der Waals surface area contributed by atoms with Gasteiger partial charge in [0, 0.05) is 5.56 Å². The van der Waals surface area contributed by atoms with E-state index in [2.05, 4.69) is 19.1 Å². The molecule has 2 heterocycles. The number of hydrogen-bond acceptors (Lipinski definition) is 3. The zero-order chi connectivity index (χ0) is 16.4. The minimum Gasteiger partial charge on any atom is -0.327 e. The molecule has 0 spiro atoms. The largest absolute Gasteiger partial charge is 0.327 e. The van der Waals surface area contributed by atoms with Crippen LogP contribution in [0.5, 0.6) is 0 Å². The van der Waals surface area contributed by atoms with Gasteiger partial charge in [-0.3, -0.25) is 0 Å². The standard InChI is InChI=1S/C16H19ClN2O2S2/c1-13(14-5-3-2-4-6-14)18-9-11-19(12-10-18)23(20,21)16-8-7-15(17)22-16/h2-8,13H,9-12H2,1H3/p+1/t13-/m0/s1. The van der Waals surface area contributed by atoms with Crippen LogP contribution in [0.2, 0.25) is 4.34 Å². The smallest absolute Gasteiger partial charge is 0.253 e. The molecule has 0 amide bonds. The van der Waals surface area contributed by atoms with Gasteiger partial charge in [-0.05, 0) is 19.1 Å². The summed E-state index contributed by atoms with van der Waals surface area (Å²) in [6.45, 7) is 4.92. The van der Waals surface area contributed by atoms with Crippen LogP contribution in [0, 0.1) is 0 Å². The molecule has 2 aromatic rings. The van der Waals surface area contributed by atoms with Crippen LogP contribution in [0.4, 0.5) is 0 Å². The summed E-state index contributed by atoms with van der Waals surface area (Å²) in [5.74, 6) is 0. The maximum absolute atomic E-state index is 12.6. The molecular formula is C16H20ClN2O2S2+. The lowest BCUT2D eigenvalue weighted by molar-refractivity contribution is -0.933. The Morgan fingerprint density at radius 3 is 2.35 bits per heavy atom. The number of halogens is 1. The molecule has 7 heteroatoms. The minimum atomic E-state index is -3.40. The van der Waals surface area contributed by atoms with Crippen LogP contribution in [0.15, 0.2) is 46.7 Å². The maximum Gasteiger partial charge on any atom is 0.253 e. The second-order valence-corrected chi connectivity index (χ2v) is 9.63. The predicted molar refractivity (Wildman–Crippen MR) is 93.6 cm³/mol. The molecule has 1 atom stereocenters. The summed E-state index contributed by atoms with van der Waals surface area (Å²) in [5, 5.41) is 0. The van der Waals surface area contributed by atoms with Gasteiger partial charge in [0.2, 0.25) is 0 Å². The molecule has 1 fully saturated rings. The van der Waals surface area contributed by atoms with E-state index in [4.69, 9.17) is 11.6 Å². The van der Waals surface area contributed by atoms with E-state index in [0.29, 0.717) is 27.7 Å². The molecule has 1 saturated heterocycles. The fraction of sp³-hybridized carbons (Fsp3) is 0.375. The van der Waals surface area contributed by atoms with Crippen molar-refractivity contribution >= 4 is 33.0 Å². The first kappa shape index (κ1) is 16.9. The Bertz CT molecular complexity index is 753. The summed E-state index contributed by atoms with van der Waals surface area (Å²) >= 11 is 6.99. The van der Waals surface area contributed by atoms with Crippen LogP contribution in [0.1, 0.15) is 18.5 Å². The second-order valence-electron chi connectivity index (χ2n) is 5.75. The van der Waals surface area contributed by atoms with Gasteiger partial charge in [0.25, 0.3) is 10.0 Å². The number of benzene rings is 1. The average Bonchev–Trinajstić information content (AvgIpc) is 3.02. The number of nitrogens with one attached hydrogen (secondary N) is 1. The van der Waals surface area contributed by atoms with Gasteiger partial charge in [0.1, 0.15) is 10.3 Å². The first-order valence-electron chi connectivity index (χ1n) is 7.63. The number of rotatable bonds is 4. The summed E-state index contributed by atoms with van der Waals surface area (Å²) < 4.78 is 27.7. The SMILES string of the molecule is C[C@@H](c1ccccc1)[NH+]1CCN(S(=O)(=O)c2ccc(Cl)s2)CC1.